The molecule has 0 bridgehead atoms. The third-order valence-electron chi connectivity index (χ3n) is 5.01. The van der Waals surface area contributed by atoms with Crippen LogP contribution in [-0.2, 0) is 29.7 Å². The van der Waals surface area contributed by atoms with Gasteiger partial charge in [0.15, 0.2) is 11.1 Å². The number of nitrogens with zero attached hydrogens (tertiary/aromatic N) is 3. The second-order valence-electron chi connectivity index (χ2n) is 7.44. The van der Waals surface area contributed by atoms with Gasteiger partial charge in [-0.15, -0.1) is 0 Å². The Morgan fingerprint density at radius 1 is 0.971 bits per heavy atom. The van der Waals surface area contributed by atoms with Crippen LogP contribution >= 0.6 is 0 Å². The minimum Gasteiger partial charge on any atom is -0.497 e. The number of aromatic nitrogens is 2. The number of aliphatic hydroxyl groups excluding tert-OH is 1. The van der Waals surface area contributed by atoms with Crippen molar-refractivity contribution in [1.82, 2.24) is 13.9 Å². The molecule has 3 aromatic rings. The Morgan fingerprint density at radius 2 is 1.44 bits per heavy atom. The summed E-state index contributed by atoms with van der Waals surface area (Å²) in [5.74, 6) is 1.21. The van der Waals surface area contributed by atoms with E-state index >= 15 is 0 Å². The van der Waals surface area contributed by atoms with E-state index in [9.17, 15) is 26.7 Å². The lowest BCUT2D eigenvalue weighted by Crippen LogP contribution is -2.32. The van der Waals surface area contributed by atoms with Crippen molar-refractivity contribution in [3.63, 3.8) is 0 Å². The van der Waals surface area contributed by atoms with E-state index in [0.717, 1.165) is 17.1 Å². The Kier molecular flexibility index (Phi) is 7.85. The quantitative estimate of drug-likeness (QED) is 0.461. The molecule has 2 aromatic carbocycles. The molecule has 1 unspecified atom stereocenters. The fourth-order valence-corrected chi connectivity index (χ4v) is 4.45. The Labute approximate surface area is 195 Å². The highest BCUT2D eigenvalue weighted by atomic mass is 32.2. The number of aliphatic hydroxyl groups is 1. The Bertz CT molecular complexity index is 1130. The van der Waals surface area contributed by atoms with Crippen molar-refractivity contribution in [2.45, 2.75) is 36.9 Å². The van der Waals surface area contributed by atoms with Gasteiger partial charge in [0.05, 0.1) is 27.1 Å². The zero-order valence-corrected chi connectivity index (χ0v) is 19.3. The Morgan fingerprint density at radius 3 is 1.85 bits per heavy atom. The van der Waals surface area contributed by atoms with Gasteiger partial charge in [-0.3, -0.25) is 0 Å². The Hall–Kier alpha value is -3.09. The molecule has 184 valence electrons. The predicted octanol–water partition coefficient (Wildman–Crippen LogP) is 3.21. The molecule has 0 fully saturated rings. The minimum atomic E-state index is -4.84. The van der Waals surface area contributed by atoms with Crippen molar-refractivity contribution in [3.05, 3.63) is 72.2 Å². The molecule has 3 rings (SSSR count). The van der Waals surface area contributed by atoms with E-state index in [-0.39, 0.29) is 13.1 Å². The molecule has 34 heavy (non-hydrogen) atoms. The summed E-state index contributed by atoms with van der Waals surface area (Å²) in [6.45, 7) is -0.907. The van der Waals surface area contributed by atoms with Gasteiger partial charge in [-0.25, -0.2) is 13.4 Å². The summed E-state index contributed by atoms with van der Waals surface area (Å²) in [5.41, 5.74) is 1.34. The number of methoxy groups -OCH3 is 2. The van der Waals surface area contributed by atoms with Gasteiger partial charge in [-0.1, -0.05) is 24.3 Å². The lowest BCUT2D eigenvalue weighted by molar-refractivity contribution is -0.207. The van der Waals surface area contributed by atoms with Gasteiger partial charge in [-0.05, 0) is 35.4 Å². The second kappa shape index (κ2) is 10.5. The highest BCUT2D eigenvalue weighted by Gasteiger charge is 2.38. The van der Waals surface area contributed by atoms with Crippen LogP contribution in [0.3, 0.4) is 0 Å². The highest BCUT2D eigenvalue weighted by Crippen LogP contribution is 2.24. The molecule has 0 saturated carbocycles. The summed E-state index contributed by atoms with van der Waals surface area (Å²) < 4.78 is 77.1. The molecule has 8 nitrogen and oxygen atoms in total. The molecule has 0 amide bonds. The van der Waals surface area contributed by atoms with E-state index in [2.05, 4.69) is 4.98 Å². The topological polar surface area (TPSA) is 93.9 Å². The lowest BCUT2D eigenvalue weighted by atomic mass is 10.2. The number of hydrogen-bond acceptors (Lipinski definition) is 6. The maximum absolute atomic E-state index is 13.4. The van der Waals surface area contributed by atoms with Crippen molar-refractivity contribution in [2.24, 2.45) is 0 Å². The molecule has 1 aromatic heterocycles. The minimum absolute atomic E-state index is 0.0175. The fraction of sp³-hybridized carbons (Fsp3) is 0.318. The lowest BCUT2D eigenvalue weighted by Gasteiger charge is -2.22. The van der Waals surface area contributed by atoms with Crippen LogP contribution in [0.5, 0.6) is 11.5 Å². The van der Waals surface area contributed by atoms with Crippen molar-refractivity contribution >= 4 is 10.0 Å². The van der Waals surface area contributed by atoms with Crippen LogP contribution in [0.1, 0.15) is 11.1 Å². The smallest absolute Gasteiger partial charge is 0.416 e. The average Bonchev–Trinajstić information content (AvgIpc) is 3.28. The maximum atomic E-state index is 13.4. The van der Waals surface area contributed by atoms with E-state index in [0.29, 0.717) is 22.6 Å². The van der Waals surface area contributed by atoms with Crippen LogP contribution in [0.2, 0.25) is 0 Å². The van der Waals surface area contributed by atoms with Gasteiger partial charge < -0.3 is 19.1 Å². The number of imidazole rings is 1. The summed E-state index contributed by atoms with van der Waals surface area (Å²) in [4.78, 5) is 3.80. The van der Waals surface area contributed by atoms with E-state index in [1.807, 2.05) is 0 Å². The first-order valence-electron chi connectivity index (χ1n) is 10.1. The molecular weight excluding hydrogens is 475 g/mol. The zero-order valence-electron chi connectivity index (χ0n) is 18.4. The highest BCUT2D eigenvalue weighted by molar-refractivity contribution is 7.89. The number of benzene rings is 2. The SMILES string of the molecule is COc1ccc(CN(Cc2ccc(OC)cc2)S(=O)(=O)c2cn(CC(O)C(F)(F)F)cn2)cc1. The molecular formula is C22H24F3N3O5S. The molecule has 0 aliphatic rings. The zero-order chi connectivity index (χ0) is 24.9. The third-order valence-corrected chi connectivity index (χ3v) is 6.69. The van der Waals surface area contributed by atoms with Crippen molar-refractivity contribution in [3.8, 4) is 11.5 Å². The van der Waals surface area contributed by atoms with Crippen molar-refractivity contribution in [1.29, 1.82) is 0 Å². The van der Waals surface area contributed by atoms with E-state index < -0.39 is 33.9 Å². The fourth-order valence-electron chi connectivity index (χ4n) is 3.10. The monoisotopic (exact) mass is 499 g/mol. The molecule has 0 radical (unpaired) electrons. The van der Waals surface area contributed by atoms with Crippen molar-refractivity contribution in [2.75, 3.05) is 14.2 Å². The third kappa shape index (κ3) is 6.27. The molecule has 0 aliphatic heterocycles. The van der Waals surface area contributed by atoms with Gasteiger partial charge in [0.1, 0.15) is 11.5 Å². The number of halogens is 3. The first kappa shape index (κ1) is 25.5. The molecule has 1 heterocycles. The van der Waals surface area contributed by atoms with Crippen LogP contribution in [0.4, 0.5) is 13.2 Å². The van der Waals surface area contributed by atoms with E-state index in [1.54, 1.807) is 48.5 Å². The van der Waals surface area contributed by atoms with Gasteiger partial charge in [0.25, 0.3) is 10.0 Å². The molecule has 1 N–H and O–H groups in total. The largest absolute Gasteiger partial charge is 0.497 e. The number of hydrogen-bond donors (Lipinski definition) is 1. The normalized spacial score (nSPS) is 13.1. The number of alkyl halides is 3. The second-order valence-corrected chi connectivity index (χ2v) is 9.32. The van der Waals surface area contributed by atoms with Gasteiger partial charge in [-0.2, -0.15) is 17.5 Å². The average molecular weight is 500 g/mol. The molecule has 1 atom stereocenters. The van der Waals surface area contributed by atoms with Crippen LogP contribution in [0, 0.1) is 0 Å². The maximum Gasteiger partial charge on any atom is 0.416 e. The van der Waals surface area contributed by atoms with Crippen LogP contribution < -0.4 is 9.47 Å². The first-order valence-corrected chi connectivity index (χ1v) is 11.5. The van der Waals surface area contributed by atoms with Crippen molar-refractivity contribution < 1.29 is 36.2 Å². The molecule has 12 heteroatoms. The standard InChI is InChI=1S/C22H24F3N3O5S/c1-32-18-7-3-16(4-8-18)11-28(12-17-5-9-19(33-2)10-6-17)34(30,31)21-14-27(15-26-21)13-20(29)22(23,24)25/h3-10,14-15,20,29H,11-13H2,1-2H3. The number of sulfonamides is 1. The van der Waals surface area contributed by atoms with Crippen LogP contribution in [-0.4, -0.2) is 53.9 Å². The van der Waals surface area contributed by atoms with Crippen LogP contribution in [0.25, 0.3) is 0 Å². The van der Waals surface area contributed by atoms with Gasteiger partial charge >= 0.3 is 6.18 Å². The first-order chi connectivity index (χ1) is 16.0. The summed E-state index contributed by atoms with van der Waals surface area (Å²) in [7, 11) is -1.17. The van der Waals surface area contributed by atoms with Gasteiger partial charge in [0, 0.05) is 19.3 Å². The summed E-state index contributed by atoms with van der Waals surface area (Å²) in [5, 5.41) is 8.85. The number of rotatable bonds is 10. The number of ether oxygens (including phenoxy) is 2. The summed E-state index contributed by atoms with van der Waals surface area (Å²) in [6.07, 6.45) is -5.56. The van der Waals surface area contributed by atoms with Crippen LogP contribution in [0.15, 0.2) is 66.1 Å². The van der Waals surface area contributed by atoms with Gasteiger partial charge in [0.2, 0.25) is 0 Å². The molecule has 0 spiro atoms. The molecule has 0 saturated heterocycles. The predicted molar refractivity (Wildman–Crippen MR) is 117 cm³/mol. The summed E-state index contributed by atoms with van der Waals surface area (Å²) >= 11 is 0. The Balaban J connectivity index is 1.89. The molecule has 0 aliphatic carbocycles. The van der Waals surface area contributed by atoms with E-state index in [4.69, 9.17) is 9.47 Å². The summed E-state index contributed by atoms with van der Waals surface area (Å²) in [6, 6.07) is 13.6. The van der Waals surface area contributed by atoms with E-state index in [1.165, 1.54) is 18.5 Å².